The van der Waals surface area contributed by atoms with E-state index < -0.39 is 65.2 Å². The Morgan fingerprint density at radius 3 is 2.68 bits per heavy atom. The van der Waals surface area contributed by atoms with Crippen LogP contribution in [0.5, 0.6) is 0 Å². The summed E-state index contributed by atoms with van der Waals surface area (Å²) in [6.45, 7) is -0.541. The molecule has 1 aromatic rings. The van der Waals surface area contributed by atoms with Crippen LogP contribution < -0.4 is 16.4 Å². The van der Waals surface area contributed by atoms with Gasteiger partial charge in [-0.3, -0.25) is 19.5 Å². The molecule has 34 heavy (non-hydrogen) atoms. The zero-order valence-corrected chi connectivity index (χ0v) is 22.1. The van der Waals surface area contributed by atoms with E-state index in [0.29, 0.717) is 4.34 Å². The summed E-state index contributed by atoms with van der Waals surface area (Å²) in [5, 5.41) is 26.7. The maximum Gasteiger partial charge on any atom is 0.480 e. The van der Waals surface area contributed by atoms with Gasteiger partial charge in [0.15, 0.2) is 0 Å². The number of carbonyl (C=O) groups is 1. The summed E-state index contributed by atoms with van der Waals surface area (Å²) in [6.07, 6.45) is -3.37. The molecule has 0 aliphatic carbocycles. The molecule has 4 rings (SSSR count). The molecular formula is C14H26N7NaO10P2+. The summed E-state index contributed by atoms with van der Waals surface area (Å²) in [4.78, 5) is 38.9. The molecule has 0 aromatic carbocycles. The van der Waals surface area contributed by atoms with E-state index in [2.05, 4.69) is 25.7 Å². The van der Waals surface area contributed by atoms with E-state index in [4.69, 9.17) is 9.26 Å². The predicted octanol–water partition coefficient (Wildman–Crippen LogP) is -4.82. The first-order chi connectivity index (χ1) is 15.4. The number of hydrogen-bond donors (Lipinski definition) is 7. The van der Waals surface area contributed by atoms with Crippen LogP contribution in [0.3, 0.4) is 0 Å². The second kappa shape index (κ2) is 10.6. The number of aromatic nitrogens is 2. The van der Waals surface area contributed by atoms with Crippen molar-refractivity contribution in [3.8, 4) is 0 Å². The second-order valence-corrected chi connectivity index (χ2v) is 11.1. The molecule has 0 spiro atoms. The Kier molecular flexibility index (Phi) is 8.81. The molecule has 1 aromatic heterocycles. The number of aliphatic hydroxyl groups is 2. The van der Waals surface area contributed by atoms with Crippen LogP contribution >= 0.6 is 15.6 Å². The van der Waals surface area contributed by atoms with Crippen molar-refractivity contribution in [2.24, 2.45) is 0 Å². The Hall–Kier alpha value is -0.300. The zero-order chi connectivity index (χ0) is 24.1. The van der Waals surface area contributed by atoms with Crippen LogP contribution in [-0.4, -0.2) is 138 Å². The molecule has 3 fully saturated rings. The van der Waals surface area contributed by atoms with E-state index in [0.717, 1.165) is 12.5 Å². The first kappa shape index (κ1) is 28.3. The molecule has 9 N–H and O–H groups in total. The number of ether oxygens (including phenoxy) is 1. The standard InChI is InChI=1S/C14H25N7O10P2.Na/c1-19-6-21(11-8(19)12(24)18-14(15)17-11)13-10(23)9(22)7(30-13)4-29-33(27,28)31-32(25,26)20-3-2-16-5-20;/h2-3,5,7-11,13-14,17,22-23H,4,6,15H2,1H3,(H,18,24)(H,25,26)(H,27,28);/p+1/t7-,8?,9-,10-,11?,13-,14?;/m1./s1. The molecule has 0 bridgehead atoms. The van der Waals surface area contributed by atoms with Gasteiger partial charge in [-0.2, -0.15) is 4.31 Å². The van der Waals surface area contributed by atoms with E-state index >= 15 is 0 Å². The van der Waals surface area contributed by atoms with Crippen LogP contribution in [-0.2, 0) is 27.5 Å². The van der Waals surface area contributed by atoms with Gasteiger partial charge in [-0.25, -0.2) is 28.7 Å². The summed E-state index contributed by atoms with van der Waals surface area (Å²) >= 11 is 0. The number of rotatable bonds is 7. The maximum atomic E-state index is 12.3. The quantitative estimate of drug-likeness (QED) is 0.128. The maximum absolute atomic E-state index is 12.3. The molecule has 9 atom stereocenters. The second-order valence-electron chi connectivity index (χ2n) is 7.86. The molecule has 187 valence electrons. The fourth-order valence-corrected chi connectivity index (χ4v) is 6.40. The minimum atomic E-state index is -5.08. The Morgan fingerprint density at radius 2 is 2.03 bits per heavy atom. The summed E-state index contributed by atoms with van der Waals surface area (Å²) in [5.41, 5.74) is 3.76. The Labute approximate surface area is 215 Å². The van der Waals surface area contributed by atoms with Crippen molar-refractivity contribution >= 4 is 51.0 Å². The number of phosphoric ester groups is 1. The molecule has 0 saturated carbocycles. The van der Waals surface area contributed by atoms with Crippen molar-refractivity contribution < 1.29 is 53.2 Å². The molecule has 5 unspecified atom stereocenters. The third-order valence-electron chi connectivity index (χ3n) is 5.53. The number of phosphoric acid groups is 1. The molecule has 17 nitrogen and oxygen atoms in total. The molecule has 3 saturated heterocycles. The monoisotopic (exact) mass is 537 g/mol. The first-order valence-corrected chi connectivity index (χ1v) is 12.8. The molecule has 1 radical (unpaired) electrons. The van der Waals surface area contributed by atoms with Gasteiger partial charge in [0, 0.05) is 42.0 Å². The third kappa shape index (κ3) is 5.65. The van der Waals surface area contributed by atoms with E-state index in [9.17, 15) is 33.9 Å². The first-order valence-electron chi connectivity index (χ1n) is 9.77. The average molecular weight is 537 g/mol. The number of likely N-dealkylation sites (N-methyl/N-ethyl adjacent to an activating group) is 1. The minimum Gasteiger partial charge on any atom is -0.387 e. The van der Waals surface area contributed by atoms with Gasteiger partial charge in [-0.05, 0) is 7.05 Å². The third-order valence-corrected chi connectivity index (χ3v) is 8.50. The van der Waals surface area contributed by atoms with Crippen LogP contribution in [0.25, 0.3) is 0 Å². The van der Waals surface area contributed by atoms with Crippen LogP contribution in [0.2, 0.25) is 0 Å². The molecule has 4 heterocycles. The summed E-state index contributed by atoms with van der Waals surface area (Å²) in [6, 6.07) is -0.598. The van der Waals surface area contributed by atoms with Gasteiger partial charge in [0.2, 0.25) is 12.2 Å². The number of nitrogens with one attached hydrogen (secondary N) is 2. The Morgan fingerprint density at radius 1 is 1.32 bits per heavy atom. The van der Waals surface area contributed by atoms with Crippen LogP contribution in [0.1, 0.15) is 0 Å². The van der Waals surface area contributed by atoms with Gasteiger partial charge in [0.1, 0.15) is 36.9 Å². The smallest absolute Gasteiger partial charge is 0.387 e. The molecule has 20 heteroatoms. The zero-order valence-electron chi connectivity index (χ0n) is 18.3. The molecular weight excluding hydrogens is 511 g/mol. The van der Waals surface area contributed by atoms with Gasteiger partial charge in [0.05, 0.1) is 19.4 Å². The summed E-state index contributed by atoms with van der Waals surface area (Å²) in [7, 11) is -8.15. The van der Waals surface area contributed by atoms with Crippen molar-refractivity contribution in [1.29, 1.82) is 0 Å². The van der Waals surface area contributed by atoms with E-state index in [1.165, 1.54) is 6.20 Å². The number of quaternary nitrogens is 1. The van der Waals surface area contributed by atoms with Gasteiger partial charge in [0.25, 0.3) is 0 Å². The molecule has 3 aliphatic rings. The van der Waals surface area contributed by atoms with Crippen molar-refractivity contribution in [2.45, 2.75) is 43.0 Å². The number of nitrogens with zero attached hydrogens (tertiary/aromatic N) is 4. The van der Waals surface area contributed by atoms with Crippen molar-refractivity contribution in [3.05, 3.63) is 18.7 Å². The number of carbonyl (C=O) groups excluding carboxylic acids is 1. The topological polar surface area (TPSA) is 236 Å². The predicted molar refractivity (Wildman–Crippen MR) is 111 cm³/mol. The van der Waals surface area contributed by atoms with Crippen molar-refractivity contribution in [1.82, 2.24) is 29.8 Å². The fraction of sp³-hybridized carbons (Fsp3) is 0.714. The van der Waals surface area contributed by atoms with E-state index in [1.807, 2.05) is 0 Å². The fourth-order valence-electron chi connectivity index (χ4n) is 4.04. The van der Waals surface area contributed by atoms with Gasteiger partial charge < -0.3 is 30.5 Å². The molecule has 3 aliphatic heterocycles. The number of hydrogen-bond acceptors (Lipinski definition) is 12. The normalized spacial score (nSPS) is 37.9. The summed E-state index contributed by atoms with van der Waals surface area (Å²) < 4.78 is 39.7. The number of aliphatic hydroxyl groups excluding tert-OH is 2. The van der Waals surface area contributed by atoms with Crippen LogP contribution in [0, 0.1) is 0 Å². The molecule has 1 amide bonds. The van der Waals surface area contributed by atoms with Crippen molar-refractivity contribution in [3.63, 3.8) is 0 Å². The van der Waals surface area contributed by atoms with Crippen LogP contribution in [0.4, 0.5) is 0 Å². The van der Waals surface area contributed by atoms with E-state index in [1.54, 1.807) is 16.8 Å². The average Bonchev–Trinajstić information content (AvgIpc) is 3.41. The van der Waals surface area contributed by atoms with Gasteiger partial charge in [-0.1, -0.05) is 0 Å². The largest absolute Gasteiger partial charge is 0.480 e. The minimum absolute atomic E-state index is 0. The van der Waals surface area contributed by atoms with E-state index in [-0.39, 0.29) is 42.1 Å². The SMILES string of the molecule is CN1CN([C@@H]2O[C@H](COP(=O)(O)OP(=O)(O)n3ccnc3)[C@@H](O)[C@H]2O)C2NC([NH3+])NC(=O)C21.[Na]. The van der Waals surface area contributed by atoms with Crippen LogP contribution in [0.15, 0.2) is 18.7 Å². The number of imidazole rings is 1. The Bertz CT molecular complexity index is 975. The van der Waals surface area contributed by atoms with Gasteiger partial charge in [-0.15, -0.1) is 0 Å². The Balaban J connectivity index is 0.00000324. The summed E-state index contributed by atoms with van der Waals surface area (Å²) in [5.74, 6) is -0.263. The van der Waals surface area contributed by atoms with Crippen molar-refractivity contribution in [2.75, 3.05) is 20.3 Å². The number of fused-ring (bicyclic) bond motifs is 1. The number of amides is 1. The van der Waals surface area contributed by atoms with Gasteiger partial charge >= 0.3 is 15.6 Å².